The SMILES string of the molecule is CCOC(CCNC(=NC)NCc1ccc2c(c1)OCCCO2)C(C)C.I. The molecule has 0 aliphatic carbocycles. The number of nitrogens with zero attached hydrogens (tertiary/aromatic N) is 1. The fourth-order valence-electron chi connectivity index (χ4n) is 2.88. The molecule has 1 aromatic carbocycles. The molecule has 1 aromatic rings. The lowest BCUT2D eigenvalue weighted by molar-refractivity contribution is 0.0258. The van der Waals surface area contributed by atoms with E-state index in [-0.39, 0.29) is 30.1 Å². The van der Waals surface area contributed by atoms with Gasteiger partial charge in [0.15, 0.2) is 17.5 Å². The second-order valence-corrected chi connectivity index (χ2v) is 6.71. The van der Waals surface area contributed by atoms with Crippen LogP contribution in [0.4, 0.5) is 0 Å². The van der Waals surface area contributed by atoms with Gasteiger partial charge in [0.25, 0.3) is 0 Å². The minimum atomic E-state index is 0. The third-order valence-electron chi connectivity index (χ3n) is 4.34. The number of guanidine groups is 1. The largest absolute Gasteiger partial charge is 0.490 e. The Labute approximate surface area is 180 Å². The van der Waals surface area contributed by atoms with Crippen LogP contribution in [-0.4, -0.2) is 45.5 Å². The Balaban J connectivity index is 0.00000364. The molecule has 1 heterocycles. The maximum Gasteiger partial charge on any atom is 0.191 e. The molecule has 0 amide bonds. The molecule has 0 radical (unpaired) electrons. The Hall–Kier alpha value is -1.22. The number of hydrogen-bond acceptors (Lipinski definition) is 4. The van der Waals surface area contributed by atoms with Crippen LogP contribution in [0.15, 0.2) is 23.2 Å². The van der Waals surface area contributed by atoms with Crippen LogP contribution in [0.25, 0.3) is 0 Å². The van der Waals surface area contributed by atoms with E-state index in [2.05, 4.69) is 35.5 Å². The van der Waals surface area contributed by atoms with Gasteiger partial charge in [-0.15, -0.1) is 24.0 Å². The molecule has 1 unspecified atom stereocenters. The van der Waals surface area contributed by atoms with Crippen LogP contribution in [0.5, 0.6) is 11.5 Å². The van der Waals surface area contributed by atoms with Gasteiger partial charge in [-0.3, -0.25) is 4.99 Å². The van der Waals surface area contributed by atoms with Crippen molar-refractivity contribution >= 4 is 29.9 Å². The molecule has 0 spiro atoms. The number of ether oxygens (including phenoxy) is 3. The molecule has 2 rings (SSSR count). The van der Waals surface area contributed by atoms with Crippen molar-refractivity contribution in [2.45, 2.75) is 46.3 Å². The summed E-state index contributed by atoms with van der Waals surface area (Å²) in [6.45, 7) is 10.1. The van der Waals surface area contributed by atoms with E-state index in [1.807, 2.05) is 19.1 Å². The van der Waals surface area contributed by atoms with Crippen LogP contribution in [-0.2, 0) is 11.3 Å². The van der Waals surface area contributed by atoms with E-state index in [9.17, 15) is 0 Å². The molecule has 0 fully saturated rings. The maximum atomic E-state index is 5.79. The molecule has 7 heteroatoms. The van der Waals surface area contributed by atoms with Gasteiger partial charge in [-0.2, -0.15) is 0 Å². The molecule has 6 nitrogen and oxygen atoms in total. The summed E-state index contributed by atoms with van der Waals surface area (Å²) < 4.78 is 17.2. The predicted molar refractivity (Wildman–Crippen MR) is 121 cm³/mol. The second kappa shape index (κ2) is 13.0. The lowest BCUT2D eigenvalue weighted by Crippen LogP contribution is -2.38. The maximum absolute atomic E-state index is 5.79. The molecule has 0 bridgehead atoms. The van der Waals surface area contributed by atoms with Crippen molar-refractivity contribution in [1.29, 1.82) is 0 Å². The Morgan fingerprint density at radius 2 is 1.93 bits per heavy atom. The molecule has 154 valence electrons. The van der Waals surface area contributed by atoms with Crippen LogP contribution < -0.4 is 20.1 Å². The molecule has 0 aromatic heterocycles. The molecular formula is C20H34IN3O3. The van der Waals surface area contributed by atoms with E-state index in [1.165, 1.54) is 0 Å². The highest BCUT2D eigenvalue weighted by Crippen LogP contribution is 2.30. The first-order valence-corrected chi connectivity index (χ1v) is 9.58. The highest BCUT2D eigenvalue weighted by Gasteiger charge is 2.13. The highest BCUT2D eigenvalue weighted by atomic mass is 127. The first-order valence-electron chi connectivity index (χ1n) is 9.58. The van der Waals surface area contributed by atoms with Gasteiger partial charge in [-0.1, -0.05) is 19.9 Å². The zero-order chi connectivity index (χ0) is 18.8. The summed E-state index contributed by atoms with van der Waals surface area (Å²) in [7, 11) is 1.78. The Morgan fingerprint density at radius 3 is 2.59 bits per heavy atom. The Morgan fingerprint density at radius 1 is 1.19 bits per heavy atom. The van der Waals surface area contributed by atoms with Gasteiger partial charge in [-0.25, -0.2) is 0 Å². The van der Waals surface area contributed by atoms with Crippen LogP contribution >= 0.6 is 24.0 Å². The van der Waals surface area contributed by atoms with Crippen molar-refractivity contribution in [3.63, 3.8) is 0 Å². The van der Waals surface area contributed by atoms with Crippen molar-refractivity contribution in [3.05, 3.63) is 23.8 Å². The van der Waals surface area contributed by atoms with Gasteiger partial charge in [0.2, 0.25) is 0 Å². The lowest BCUT2D eigenvalue weighted by Gasteiger charge is -2.21. The van der Waals surface area contributed by atoms with E-state index >= 15 is 0 Å². The quantitative estimate of drug-likeness (QED) is 0.331. The average Bonchev–Trinajstić information content (AvgIpc) is 2.88. The molecule has 1 aliphatic rings. The van der Waals surface area contributed by atoms with Crippen molar-refractivity contribution in [2.24, 2.45) is 10.9 Å². The standard InChI is InChI=1S/C20H33N3O3.HI/c1-5-24-17(15(2)3)9-10-22-20(21-4)23-14-16-7-8-18-19(13-16)26-12-6-11-25-18;/h7-8,13,15,17H,5-6,9-12,14H2,1-4H3,(H2,21,22,23);1H. The third kappa shape index (κ3) is 8.13. The number of benzene rings is 1. The first-order chi connectivity index (χ1) is 12.6. The van der Waals surface area contributed by atoms with Crippen molar-refractivity contribution in [2.75, 3.05) is 33.4 Å². The summed E-state index contributed by atoms with van der Waals surface area (Å²) in [6, 6.07) is 6.06. The molecule has 2 N–H and O–H groups in total. The van der Waals surface area contributed by atoms with Gasteiger partial charge in [-0.05, 0) is 37.0 Å². The van der Waals surface area contributed by atoms with E-state index in [4.69, 9.17) is 14.2 Å². The van der Waals surface area contributed by atoms with Crippen LogP contribution in [0.1, 0.15) is 39.2 Å². The number of halogens is 1. The van der Waals surface area contributed by atoms with E-state index in [1.54, 1.807) is 7.05 Å². The normalized spacial score (nSPS) is 14.9. The van der Waals surface area contributed by atoms with Crippen LogP contribution in [0, 0.1) is 5.92 Å². The monoisotopic (exact) mass is 491 g/mol. The smallest absolute Gasteiger partial charge is 0.191 e. The zero-order valence-electron chi connectivity index (χ0n) is 16.9. The van der Waals surface area contributed by atoms with Crippen molar-refractivity contribution in [1.82, 2.24) is 10.6 Å². The average molecular weight is 491 g/mol. The van der Waals surface area contributed by atoms with Crippen molar-refractivity contribution in [3.8, 4) is 11.5 Å². The Kier molecular flexibility index (Phi) is 11.5. The topological polar surface area (TPSA) is 64.1 Å². The summed E-state index contributed by atoms with van der Waals surface area (Å²) in [4.78, 5) is 4.29. The van der Waals surface area contributed by atoms with Crippen molar-refractivity contribution < 1.29 is 14.2 Å². The molecule has 0 saturated heterocycles. The van der Waals surface area contributed by atoms with Gasteiger partial charge in [0.05, 0.1) is 19.3 Å². The number of hydrogen-bond donors (Lipinski definition) is 2. The molecule has 0 saturated carbocycles. The number of aliphatic imine (C=N–C) groups is 1. The number of fused-ring (bicyclic) bond motifs is 1. The fraction of sp³-hybridized carbons (Fsp3) is 0.650. The minimum Gasteiger partial charge on any atom is -0.490 e. The number of rotatable bonds is 8. The van der Waals surface area contributed by atoms with Crippen LogP contribution in [0.2, 0.25) is 0 Å². The second-order valence-electron chi connectivity index (χ2n) is 6.71. The Bertz CT molecular complexity index is 582. The summed E-state index contributed by atoms with van der Waals surface area (Å²) >= 11 is 0. The third-order valence-corrected chi connectivity index (χ3v) is 4.34. The van der Waals surface area contributed by atoms with E-state index in [0.29, 0.717) is 25.7 Å². The zero-order valence-corrected chi connectivity index (χ0v) is 19.2. The molecule has 27 heavy (non-hydrogen) atoms. The molecular weight excluding hydrogens is 457 g/mol. The summed E-state index contributed by atoms with van der Waals surface area (Å²) in [5, 5.41) is 6.70. The van der Waals surface area contributed by atoms with Gasteiger partial charge in [0.1, 0.15) is 0 Å². The van der Waals surface area contributed by atoms with E-state index in [0.717, 1.165) is 49.0 Å². The predicted octanol–water partition coefficient (Wildman–Crippen LogP) is 3.58. The first kappa shape index (κ1) is 23.8. The summed E-state index contributed by atoms with van der Waals surface area (Å²) in [6.07, 6.45) is 2.14. The highest BCUT2D eigenvalue weighted by molar-refractivity contribution is 14.0. The van der Waals surface area contributed by atoms with Gasteiger partial charge >= 0.3 is 0 Å². The molecule has 1 aliphatic heterocycles. The summed E-state index contributed by atoms with van der Waals surface area (Å²) in [5.74, 6) is 2.94. The minimum absolute atomic E-state index is 0. The number of nitrogens with one attached hydrogen (secondary N) is 2. The summed E-state index contributed by atoms with van der Waals surface area (Å²) in [5.41, 5.74) is 1.13. The molecule has 1 atom stereocenters. The van der Waals surface area contributed by atoms with E-state index < -0.39 is 0 Å². The van der Waals surface area contributed by atoms with Gasteiger partial charge in [0, 0.05) is 33.2 Å². The fourth-order valence-corrected chi connectivity index (χ4v) is 2.88. The van der Waals surface area contributed by atoms with Gasteiger partial charge < -0.3 is 24.8 Å². The van der Waals surface area contributed by atoms with Crippen LogP contribution in [0.3, 0.4) is 0 Å². The lowest BCUT2D eigenvalue weighted by atomic mass is 10.0.